The van der Waals surface area contributed by atoms with Gasteiger partial charge in [0, 0.05) is 36.6 Å². The number of fused-ring (bicyclic) bond motifs is 2. The van der Waals surface area contributed by atoms with E-state index >= 15 is 0 Å². The van der Waals surface area contributed by atoms with Gasteiger partial charge >= 0.3 is 6.03 Å². The number of carbonyl (C=O) groups is 1. The molecule has 0 spiro atoms. The average molecular weight is 483 g/mol. The summed E-state index contributed by atoms with van der Waals surface area (Å²) in [5.41, 5.74) is 2.12. The molecule has 0 unspecified atom stereocenters. The van der Waals surface area contributed by atoms with Crippen LogP contribution in [0.5, 0.6) is 0 Å². The number of hydrogen-bond donors (Lipinski definition) is 3. The van der Waals surface area contributed by atoms with E-state index in [0.717, 1.165) is 10.8 Å². The van der Waals surface area contributed by atoms with Gasteiger partial charge in [-0.25, -0.2) is 14.2 Å². The minimum atomic E-state index is -0.607. The minimum Gasteiger partial charge on any atom is -0.357 e. The molecule has 5 rings (SSSR count). The van der Waals surface area contributed by atoms with Gasteiger partial charge in [0.25, 0.3) is 5.56 Å². The Morgan fingerprint density at radius 2 is 1.69 bits per heavy atom. The predicted octanol–water partition coefficient (Wildman–Crippen LogP) is 5.28. The van der Waals surface area contributed by atoms with Crippen LogP contribution in [0.15, 0.2) is 71.7 Å². The highest BCUT2D eigenvalue weighted by molar-refractivity contribution is 6.06. The summed E-state index contributed by atoms with van der Waals surface area (Å²) in [4.78, 5) is 34.6. The predicted molar refractivity (Wildman–Crippen MR) is 141 cm³/mol. The number of nitrogens with one attached hydrogen (secondary N) is 3. The van der Waals surface area contributed by atoms with Gasteiger partial charge in [-0.15, -0.1) is 0 Å². The Bertz CT molecular complexity index is 1710. The fourth-order valence-corrected chi connectivity index (χ4v) is 4.23. The maximum atomic E-state index is 14.9. The summed E-state index contributed by atoms with van der Waals surface area (Å²) in [6.07, 6.45) is 1.62. The zero-order chi connectivity index (χ0) is 25.4. The molecule has 9 heteroatoms. The number of pyridine rings is 1. The van der Waals surface area contributed by atoms with Gasteiger partial charge in [0.15, 0.2) is 0 Å². The third kappa shape index (κ3) is 4.11. The number of carbonyl (C=O) groups excluding carboxylic acids is 1. The molecule has 0 aliphatic carbocycles. The number of nitrogens with zero attached hydrogens (tertiary/aromatic N) is 3. The molecule has 2 aromatic heterocycles. The van der Waals surface area contributed by atoms with E-state index in [1.54, 1.807) is 39.3 Å². The van der Waals surface area contributed by atoms with E-state index < -0.39 is 11.8 Å². The van der Waals surface area contributed by atoms with Gasteiger partial charge in [0.1, 0.15) is 11.5 Å². The first-order valence-electron chi connectivity index (χ1n) is 11.3. The first-order valence-corrected chi connectivity index (χ1v) is 11.3. The number of benzene rings is 3. The molecule has 0 aliphatic heterocycles. The quantitative estimate of drug-likeness (QED) is 0.324. The highest BCUT2D eigenvalue weighted by Crippen LogP contribution is 2.29. The van der Waals surface area contributed by atoms with Crippen molar-refractivity contribution in [3.8, 4) is 11.1 Å². The van der Waals surface area contributed by atoms with Crippen molar-refractivity contribution in [1.29, 1.82) is 0 Å². The molecule has 0 fully saturated rings. The van der Waals surface area contributed by atoms with E-state index in [2.05, 4.69) is 25.9 Å². The summed E-state index contributed by atoms with van der Waals surface area (Å²) in [6, 6.07) is 17.0. The van der Waals surface area contributed by atoms with Crippen LogP contribution in [0.3, 0.4) is 0 Å². The Labute approximate surface area is 205 Å². The molecule has 36 heavy (non-hydrogen) atoms. The van der Waals surface area contributed by atoms with Crippen LogP contribution in [0.4, 0.5) is 26.5 Å². The number of amides is 2. The average Bonchev–Trinajstić information content (AvgIpc) is 2.88. The number of rotatable bonds is 4. The zero-order valence-electron chi connectivity index (χ0n) is 19.9. The molecule has 0 aliphatic rings. The van der Waals surface area contributed by atoms with Gasteiger partial charge in [-0.3, -0.25) is 9.36 Å². The SMILES string of the molecule is CNc1ncc2cc(-c3cc(NC(=O)Nc4cccc5ccccc45)c(F)cc3C)c(=O)n(C)c2n1. The summed E-state index contributed by atoms with van der Waals surface area (Å²) in [6.45, 7) is 1.71. The molecule has 5 aromatic rings. The van der Waals surface area contributed by atoms with Crippen molar-refractivity contribution in [2.75, 3.05) is 23.0 Å². The summed E-state index contributed by atoms with van der Waals surface area (Å²) >= 11 is 0. The molecule has 3 N–H and O–H groups in total. The van der Waals surface area contributed by atoms with Crippen LogP contribution < -0.4 is 21.5 Å². The monoisotopic (exact) mass is 482 g/mol. The molecular formula is C27H23FN6O2. The molecule has 2 amide bonds. The van der Waals surface area contributed by atoms with Crippen LogP contribution in [-0.2, 0) is 7.05 Å². The van der Waals surface area contributed by atoms with Crippen LogP contribution in [0.1, 0.15) is 5.56 Å². The molecule has 2 heterocycles. The van der Waals surface area contributed by atoms with Crippen LogP contribution in [0.25, 0.3) is 32.9 Å². The van der Waals surface area contributed by atoms with E-state index in [1.807, 2.05) is 36.4 Å². The first kappa shape index (κ1) is 23.0. The van der Waals surface area contributed by atoms with Crippen molar-refractivity contribution in [2.24, 2.45) is 7.05 Å². The van der Waals surface area contributed by atoms with Gasteiger partial charge in [-0.05, 0) is 47.7 Å². The Kier molecular flexibility index (Phi) is 5.81. The molecule has 0 bridgehead atoms. The van der Waals surface area contributed by atoms with Crippen molar-refractivity contribution in [3.05, 3.63) is 88.6 Å². The highest BCUT2D eigenvalue weighted by Gasteiger charge is 2.17. The van der Waals surface area contributed by atoms with E-state index in [9.17, 15) is 14.0 Å². The standard InChI is InChI=1S/C27H23FN6O2/c1-15-11-21(28)23(32-27(36)31-22-10-6-8-16-7-4-5-9-18(16)22)13-19(15)20-12-17-14-30-26(29-2)33-24(17)34(3)25(20)35/h4-14H,1-3H3,(H,29,30,33)(H2,31,32,36). The third-order valence-electron chi connectivity index (χ3n) is 6.06. The maximum Gasteiger partial charge on any atom is 0.323 e. The van der Waals surface area contributed by atoms with Crippen LogP contribution in [0.2, 0.25) is 0 Å². The Balaban J connectivity index is 1.51. The van der Waals surface area contributed by atoms with Crippen molar-refractivity contribution >= 4 is 45.2 Å². The second kappa shape index (κ2) is 9.10. The summed E-state index contributed by atoms with van der Waals surface area (Å²) in [7, 11) is 3.32. The van der Waals surface area contributed by atoms with Gasteiger partial charge < -0.3 is 16.0 Å². The second-order valence-corrected chi connectivity index (χ2v) is 8.40. The summed E-state index contributed by atoms with van der Waals surface area (Å²) < 4.78 is 16.3. The molecule has 3 aromatic carbocycles. The fourth-order valence-electron chi connectivity index (χ4n) is 4.23. The molecule has 180 valence electrons. The van der Waals surface area contributed by atoms with Crippen molar-refractivity contribution in [1.82, 2.24) is 14.5 Å². The molecular weight excluding hydrogens is 459 g/mol. The van der Waals surface area contributed by atoms with Crippen LogP contribution in [-0.4, -0.2) is 27.6 Å². The van der Waals surface area contributed by atoms with E-state index in [4.69, 9.17) is 0 Å². The summed E-state index contributed by atoms with van der Waals surface area (Å²) in [5.74, 6) is -0.212. The highest BCUT2D eigenvalue weighted by atomic mass is 19.1. The number of halogens is 1. The smallest absolute Gasteiger partial charge is 0.323 e. The number of aryl methyl sites for hydroxylation is 2. The van der Waals surface area contributed by atoms with Gasteiger partial charge in [0.2, 0.25) is 5.95 Å². The van der Waals surface area contributed by atoms with E-state index in [0.29, 0.717) is 39.4 Å². The molecule has 0 radical (unpaired) electrons. The molecule has 8 nitrogen and oxygen atoms in total. The fraction of sp³-hybridized carbons (Fsp3) is 0.111. The number of urea groups is 1. The lowest BCUT2D eigenvalue weighted by Crippen LogP contribution is -2.22. The van der Waals surface area contributed by atoms with Crippen molar-refractivity contribution < 1.29 is 9.18 Å². The molecule has 0 saturated heterocycles. The van der Waals surface area contributed by atoms with E-state index in [-0.39, 0.29) is 11.2 Å². The number of aromatic nitrogens is 3. The normalized spacial score (nSPS) is 11.0. The van der Waals surface area contributed by atoms with Crippen molar-refractivity contribution in [2.45, 2.75) is 6.92 Å². The van der Waals surface area contributed by atoms with Crippen LogP contribution in [0, 0.1) is 12.7 Å². The lowest BCUT2D eigenvalue weighted by atomic mass is 9.99. The maximum absolute atomic E-state index is 14.9. The third-order valence-corrected chi connectivity index (χ3v) is 6.06. The second-order valence-electron chi connectivity index (χ2n) is 8.40. The van der Waals surface area contributed by atoms with Gasteiger partial charge in [-0.2, -0.15) is 4.98 Å². The van der Waals surface area contributed by atoms with Crippen molar-refractivity contribution in [3.63, 3.8) is 0 Å². The van der Waals surface area contributed by atoms with Gasteiger partial charge in [-0.1, -0.05) is 36.4 Å². The molecule has 0 saturated carbocycles. The zero-order valence-corrected chi connectivity index (χ0v) is 19.9. The van der Waals surface area contributed by atoms with E-state index in [1.165, 1.54) is 16.7 Å². The Morgan fingerprint density at radius 3 is 2.50 bits per heavy atom. The summed E-state index contributed by atoms with van der Waals surface area (Å²) in [5, 5.41) is 10.7. The Morgan fingerprint density at radius 1 is 0.944 bits per heavy atom. The number of anilines is 3. The number of hydrogen-bond acceptors (Lipinski definition) is 5. The first-order chi connectivity index (χ1) is 17.4. The molecule has 0 atom stereocenters. The van der Waals surface area contributed by atoms with Gasteiger partial charge in [0.05, 0.1) is 11.4 Å². The Hall–Kier alpha value is -4.79. The van der Waals surface area contributed by atoms with Crippen LogP contribution >= 0.6 is 0 Å². The topological polar surface area (TPSA) is 101 Å². The minimum absolute atomic E-state index is 0.0442. The lowest BCUT2D eigenvalue weighted by Gasteiger charge is -2.14. The lowest BCUT2D eigenvalue weighted by molar-refractivity contribution is 0.262. The largest absolute Gasteiger partial charge is 0.357 e.